The van der Waals surface area contributed by atoms with Crippen LogP contribution in [0.4, 0.5) is 0 Å². The lowest BCUT2D eigenvalue weighted by Gasteiger charge is -2.27. The molecule has 0 N–H and O–H groups in total. The van der Waals surface area contributed by atoms with E-state index in [1.807, 2.05) is 12.1 Å². The summed E-state index contributed by atoms with van der Waals surface area (Å²) in [6.45, 7) is 0. The highest BCUT2D eigenvalue weighted by molar-refractivity contribution is 7.95. The Balaban J connectivity index is 0.00000259. The zero-order valence-electron chi connectivity index (χ0n) is 18.4. The van der Waals surface area contributed by atoms with Gasteiger partial charge >= 0.3 is 0 Å². The Morgan fingerprint density at radius 3 is 1.48 bits per heavy atom. The summed E-state index contributed by atoms with van der Waals surface area (Å²) in [5, 5.41) is 5.09. The first-order chi connectivity index (χ1) is 15.8. The molecule has 0 atom stereocenters. The van der Waals surface area contributed by atoms with Crippen LogP contribution < -0.4 is 28.3 Å². The van der Waals surface area contributed by atoms with Crippen molar-refractivity contribution < 1.29 is 12.4 Å². The summed E-state index contributed by atoms with van der Waals surface area (Å²) in [7, 11) is -1.85. The summed E-state index contributed by atoms with van der Waals surface area (Å²) >= 11 is 6.19. The number of benzene rings is 4. The smallest absolute Gasteiger partial charge is 0.115 e. The van der Waals surface area contributed by atoms with Crippen molar-refractivity contribution in [1.82, 2.24) is 0 Å². The number of halogens is 2. The molecule has 1 fully saturated rings. The molecule has 0 bridgehead atoms. The van der Waals surface area contributed by atoms with Gasteiger partial charge in [0.25, 0.3) is 0 Å². The maximum Gasteiger partial charge on any atom is 0.115 e. The van der Waals surface area contributed by atoms with Gasteiger partial charge < -0.3 is 12.4 Å². The second-order valence-corrected chi connectivity index (χ2v) is 12.4. The summed E-state index contributed by atoms with van der Waals surface area (Å²) in [5.74, 6) is 0.667. The van der Waals surface area contributed by atoms with Crippen molar-refractivity contribution in [3.05, 3.63) is 132 Å². The van der Waals surface area contributed by atoms with E-state index in [4.69, 9.17) is 11.6 Å². The summed E-state index contributed by atoms with van der Waals surface area (Å²) in [5.41, 5.74) is 2.79. The molecule has 1 aliphatic rings. The van der Waals surface area contributed by atoms with Gasteiger partial charge in [-0.05, 0) is 84.5 Å². The van der Waals surface area contributed by atoms with Gasteiger partial charge in [0.1, 0.15) is 23.2 Å². The van der Waals surface area contributed by atoms with Gasteiger partial charge in [0.15, 0.2) is 0 Å². The van der Waals surface area contributed by atoms with Gasteiger partial charge in [0.2, 0.25) is 0 Å². The van der Waals surface area contributed by atoms with Gasteiger partial charge in [-0.2, -0.15) is 0 Å². The number of hydrogen-bond acceptors (Lipinski definition) is 0. The van der Waals surface area contributed by atoms with Crippen molar-refractivity contribution in [1.29, 1.82) is 0 Å². The lowest BCUT2D eigenvalue weighted by molar-refractivity contribution is -0.00000605. The van der Waals surface area contributed by atoms with E-state index in [0.29, 0.717) is 5.92 Å². The number of rotatable bonds is 7. The zero-order chi connectivity index (χ0) is 21.8. The molecule has 0 nitrogen and oxygen atoms in total. The fourth-order valence-electron chi connectivity index (χ4n) is 4.60. The number of hydrogen-bond donors (Lipinski definition) is 0. The van der Waals surface area contributed by atoms with Crippen molar-refractivity contribution in [3.8, 4) is 0 Å². The third kappa shape index (κ3) is 5.10. The average Bonchev–Trinajstić information content (AvgIpc) is 3.70. The second kappa shape index (κ2) is 10.7. The van der Waals surface area contributed by atoms with E-state index in [1.165, 1.54) is 39.9 Å². The van der Waals surface area contributed by atoms with Gasteiger partial charge in [-0.25, -0.2) is 0 Å². The average molecular weight is 489 g/mol. The molecule has 166 valence electrons. The minimum Gasteiger partial charge on any atom is -1.00 e. The zero-order valence-corrected chi connectivity index (χ0v) is 20.9. The van der Waals surface area contributed by atoms with Crippen LogP contribution in [0.3, 0.4) is 0 Å². The molecular weight excluding hydrogens is 462 g/mol. The lowest BCUT2D eigenvalue weighted by Crippen LogP contribution is -3.00. The molecule has 0 amide bonds. The summed E-state index contributed by atoms with van der Waals surface area (Å²) < 4.78 is 0. The van der Waals surface area contributed by atoms with Crippen LogP contribution in [0.25, 0.3) is 5.57 Å². The van der Waals surface area contributed by atoms with Gasteiger partial charge in [-0.3, -0.25) is 0 Å². The van der Waals surface area contributed by atoms with E-state index in [-0.39, 0.29) is 12.4 Å². The lowest BCUT2D eigenvalue weighted by atomic mass is 10.0. The van der Waals surface area contributed by atoms with Crippen molar-refractivity contribution >= 4 is 40.4 Å². The molecule has 0 spiro atoms. The monoisotopic (exact) mass is 488 g/mol. The molecule has 4 aromatic rings. The minimum atomic E-state index is -1.85. The topological polar surface area (TPSA) is 0 Å². The highest BCUT2D eigenvalue weighted by atomic mass is 35.5. The van der Waals surface area contributed by atoms with Crippen LogP contribution >= 0.6 is 18.9 Å². The minimum absolute atomic E-state index is 0. The fourth-order valence-corrected chi connectivity index (χ4v) is 8.77. The SMILES string of the molecule is Clc1ccc(/C(=C/C[P+](c2ccccc2)(c2ccccc2)c2ccccc2)C2CC2)cc1.[Cl-]. The van der Waals surface area contributed by atoms with E-state index in [2.05, 4.69) is 109 Å². The predicted molar refractivity (Wildman–Crippen MR) is 142 cm³/mol. The Kier molecular flexibility index (Phi) is 7.71. The largest absolute Gasteiger partial charge is 1.00 e. The van der Waals surface area contributed by atoms with E-state index >= 15 is 0 Å². The molecule has 0 radical (unpaired) electrons. The molecule has 33 heavy (non-hydrogen) atoms. The normalized spacial score (nSPS) is 13.9. The van der Waals surface area contributed by atoms with Crippen molar-refractivity contribution in [3.63, 3.8) is 0 Å². The van der Waals surface area contributed by atoms with E-state index < -0.39 is 7.26 Å². The van der Waals surface area contributed by atoms with Crippen LogP contribution in [-0.4, -0.2) is 6.16 Å². The quantitative estimate of drug-likeness (QED) is 0.343. The fraction of sp³-hybridized carbons (Fsp3) is 0.133. The van der Waals surface area contributed by atoms with E-state index in [1.54, 1.807) is 0 Å². The third-order valence-electron chi connectivity index (χ3n) is 6.37. The predicted octanol–water partition coefficient (Wildman–Crippen LogP) is 4.13. The van der Waals surface area contributed by atoms with E-state index in [9.17, 15) is 0 Å². The first-order valence-electron chi connectivity index (χ1n) is 11.3. The van der Waals surface area contributed by atoms with Crippen molar-refractivity contribution in [2.24, 2.45) is 5.92 Å². The molecule has 5 rings (SSSR count). The van der Waals surface area contributed by atoms with Gasteiger partial charge in [-0.15, -0.1) is 0 Å². The van der Waals surface area contributed by atoms with Crippen molar-refractivity contribution in [2.75, 3.05) is 6.16 Å². The van der Waals surface area contributed by atoms with Gasteiger partial charge in [0.05, 0.1) is 6.16 Å². The molecule has 1 aliphatic carbocycles. The molecule has 0 heterocycles. The maximum absolute atomic E-state index is 6.19. The van der Waals surface area contributed by atoms with Gasteiger partial charge in [-0.1, -0.05) is 78.3 Å². The Morgan fingerprint density at radius 1 is 0.667 bits per heavy atom. The first-order valence-corrected chi connectivity index (χ1v) is 13.6. The molecule has 0 aromatic heterocycles. The summed E-state index contributed by atoms with van der Waals surface area (Å²) in [6, 6.07) is 41.8. The van der Waals surface area contributed by atoms with Crippen molar-refractivity contribution in [2.45, 2.75) is 12.8 Å². The van der Waals surface area contributed by atoms with Crippen LogP contribution in [0.15, 0.2) is 121 Å². The Bertz CT molecular complexity index is 1090. The van der Waals surface area contributed by atoms with E-state index in [0.717, 1.165) is 11.2 Å². The molecule has 0 saturated heterocycles. The first kappa shape index (κ1) is 23.8. The standard InChI is InChI=1S/C30H27ClP.ClH/c31-26-20-18-25(19-21-26)30(24-16-17-24)22-23-32(27-10-4-1-5-11-27,28-12-6-2-7-13-28)29-14-8-3-9-15-29;/h1-15,18-22,24H,16-17,23H2;1H/q+1;/p-1/b30-22+;. The van der Waals surface area contributed by atoms with Crippen LogP contribution in [-0.2, 0) is 0 Å². The molecule has 1 saturated carbocycles. The molecular formula is C30H27Cl2P. The van der Waals surface area contributed by atoms with Crippen LogP contribution in [0.5, 0.6) is 0 Å². The highest BCUT2D eigenvalue weighted by Crippen LogP contribution is 2.56. The highest BCUT2D eigenvalue weighted by Gasteiger charge is 2.44. The second-order valence-electron chi connectivity index (χ2n) is 8.44. The Labute approximate surface area is 209 Å². The summed E-state index contributed by atoms with van der Waals surface area (Å²) in [6.07, 6.45) is 6.12. The van der Waals surface area contributed by atoms with Crippen LogP contribution in [0.2, 0.25) is 5.02 Å². The van der Waals surface area contributed by atoms with Gasteiger partial charge in [0, 0.05) is 5.02 Å². The van der Waals surface area contributed by atoms with Crippen LogP contribution in [0.1, 0.15) is 18.4 Å². The number of allylic oxidation sites excluding steroid dienone is 2. The van der Waals surface area contributed by atoms with Crippen LogP contribution in [0, 0.1) is 5.92 Å². The Morgan fingerprint density at radius 2 is 1.09 bits per heavy atom. The third-order valence-corrected chi connectivity index (χ3v) is 10.9. The summed E-state index contributed by atoms with van der Waals surface area (Å²) in [4.78, 5) is 0. The Hall–Kier alpha value is -2.37. The maximum atomic E-state index is 6.19. The molecule has 4 aromatic carbocycles. The molecule has 0 unspecified atom stereocenters. The molecule has 3 heteroatoms. The molecule has 0 aliphatic heterocycles.